The summed E-state index contributed by atoms with van der Waals surface area (Å²) in [6.45, 7) is 3.98. The number of hydrogen-bond donors (Lipinski definition) is 3. The topological polar surface area (TPSA) is 95.5 Å². The number of hydrogen-bond acceptors (Lipinski definition) is 3. The van der Waals surface area contributed by atoms with Gasteiger partial charge in [0.2, 0.25) is 0 Å². The van der Waals surface area contributed by atoms with E-state index in [9.17, 15) is 19.5 Å². The zero-order chi connectivity index (χ0) is 23.5. The maximum Gasteiger partial charge on any atom is 0.326 e. The molecule has 2 amide bonds. The molecule has 0 radical (unpaired) electrons. The molecule has 0 aliphatic heterocycles. The maximum atomic E-state index is 13.0. The van der Waals surface area contributed by atoms with E-state index in [0.29, 0.717) is 29.0 Å². The van der Waals surface area contributed by atoms with Gasteiger partial charge in [-0.25, -0.2) is 4.79 Å². The number of carboxylic acid groups (broad SMARTS) is 1. The highest BCUT2D eigenvalue weighted by molar-refractivity contribution is 6.30. The van der Waals surface area contributed by atoms with Gasteiger partial charge in [-0.15, -0.1) is 0 Å². The van der Waals surface area contributed by atoms with E-state index < -0.39 is 23.8 Å². The van der Waals surface area contributed by atoms with Gasteiger partial charge in [0.05, 0.1) is 0 Å². The quantitative estimate of drug-likeness (QED) is 0.329. The van der Waals surface area contributed by atoms with E-state index in [1.54, 1.807) is 48.5 Å². The van der Waals surface area contributed by atoms with Crippen LogP contribution in [0.25, 0.3) is 6.08 Å². The number of benzene rings is 2. The van der Waals surface area contributed by atoms with Crippen LogP contribution < -0.4 is 10.6 Å². The van der Waals surface area contributed by atoms with E-state index in [-0.39, 0.29) is 5.70 Å². The number of unbranched alkanes of at least 4 members (excludes halogenated alkanes) is 3. The lowest BCUT2D eigenvalue weighted by Gasteiger charge is -2.17. The van der Waals surface area contributed by atoms with Crippen LogP contribution in [0.5, 0.6) is 0 Å². The number of carbonyl (C=O) groups excluding carboxylic acids is 2. The zero-order valence-electron chi connectivity index (χ0n) is 18.4. The van der Waals surface area contributed by atoms with Crippen LogP contribution >= 0.6 is 11.6 Å². The molecule has 2 aromatic carbocycles. The number of amides is 2. The molecule has 0 aliphatic carbocycles. The lowest BCUT2D eigenvalue weighted by atomic mass is 10.1. The number of carbonyl (C=O) groups is 3. The third-order valence-electron chi connectivity index (χ3n) is 4.94. The maximum absolute atomic E-state index is 13.0. The predicted octanol–water partition coefficient (Wildman–Crippen LogP) is 4.96. The lowest BCUT2D eigenvalue weighted by Crippen LogP contribution is -2.44. The minimum Gasteiger partial charge on any atom is -0.480 e. The Balaban J connectivity index is 2.22. The van der Waals surface area contributed by atoms with Gasteiger partial charge in [0.25, 0.3) is 11.8 Å². The molecule has 170 valence electrons. The van der Waals surface area contributed by atoms with Gasteiger partial charge in [-0.2, -0.15) is 0 Å². The molecule has 0 saturated heterocycles. The summed E-state index contributed by atoms with van der Waals surface area (Å²) in [5.74, 6) is -2.23. The second-order valence-corrected chi connectivity index (χ2v) is 8.08. The number of rotatable bonds is 11. The fourth-order valence-corrected chi connectivity index (χ4v) is 3.18. The highest BCUT2D eigenvalue weighted by atomic mass is 35.5. The average molecular weight is 457 g/mol. The van der Waals surface area contributed by atoms with E-state index in [1.807, 2.05) is 6.92 Å². The molecule has 32 heavy (non-hydrogen) atoms. The molecule has 0 aromatic heterocycles. The molecule has 0 saturated carbocycles. The Kier molecular flexibility index (Phi) is 9.95. The molecule has 0 bridgehead atoms. The Morgan fingerprint density at radius 2 is 1.66 bits per heavy atom. The number of halogens is 1. The Morgan fingerprint density at radius 3 is 2.25 bits per heavy atom. The summed E-state index contributed by atoms with van der Waals surface area (Å²) in [5, 5.41) is 15.2. The summed E-state index contributed by atoms with van der Waals surface area (Å²) in [6.07, 6.45) is 5.44. The molecular formula is C25H29ClN2O4. The SMILES string of the molecule is CCCCCC[C@H](NC(=O)/C(=C\c1ccc(Cl)cc1)NC(=O)c1ccc(C)cc1)C(=O)O. The van der Waals surface area contributed by atoms with Crippen LogP contribution in [0.15, 0.2) is 54.2 Å². The molecule has 0 spiro atoms. The van der Waals surface area contributed by atoms with E-state index in [4.69, 9.17) is 11.6 Å². The summed E-state index contributed by atoms with van der Waals surface area (Å²) in [5.41, 5.74) is 1.99. The minimum absolute atomic E-state index is 0.0438. The van der Waals surface area contributed by atoms with Crippen LogP contribution in [-0.2, 0) is 9.59 Å². The average Bonchev–Trinajstić information content (AvgIpc) is 2.77. The summed E-state index contributed by atoms with van der Waals surface area (Å²) < 4.78 is 0. The fraction of sp³-hybridized carbons (Fsp3) is 0.320. The van der Waals surface area contributed by atoms with Crippen LogP contribution in [0.2, 0.25) is 5.02 Å². The van der Waals surface area contributed by atoms with Gasteiger partial charge in [0.1, 0.15) is 11.7 Å². The van der Waals surface area contributed by atoms with Crippen molar-refractivity contribution < 1.29 is 19.5 Å². The molecule has 3 N–H and O–H groups in total. The van der Waals surface area contributed by atoms with Gasteiger partial charge in [0, 0.05) is 10.6 Å². The van der Waals surface area contributed by atoms with Crippen molar-refractivity contribution in [2.75, 3.05) is 0 Å². The number of carboxylic acids is 1. The van der Waals surface area contributed by atoms with E-state index in [2.05, 4.69) is 17.6 Å². The number of aryl methyl sites for hydroxylation is 1. The van der Waals surface area contributed by atoms with Crippen molar-refractivity contribution >= 4 is 35.5 Å². The summed E-state index contributed by atoms with van der Waals surface area (Å²) in [7, 11) is 0. The second-order valence-electron chi connectivity index (χ2n) is 7.64. The Labute approximate surface area is 193 Å². The first-order valence-corrected chi connectivity index (χ1v) is 11.1. The van der Waals surface area contributed by atoms with Gasteiger partial charge in [0.15, 0.2) is 0 Å². The van der Waals surface area contributed by atoms with Crippen LogP contribution in [-0.4, -0.2) is 28.9 Å². The van der Waals surface area contributed by atoms with Crippen LogP contribution in [0, 0.1) is 6.92 Å². The molecule has 2 rings (SSSR count). The third-order valence-corrected chi connectivity index (χ3v) is 5.19. The molecule has 0 unspecified atom stereocenters. The summed E-state index contributed by atoms with van der Waals surface area (Å²) >= 11 is 5.93. The van der Waals surface area contributed by atoms with Gasteiger partial charge < -0.3 is 15.7 Å². The van der Waals surface area contributed by atoms with E-state index in [1.165, 1.54) is 6.08 Å². The zero-order valence-corrected chi connectivity index (χ0v) is 19.1. The smallest absolute Gasteiger partial charge is 0.326 e. The molecule has 0 heterocycles. The first kappa shape index (κ1) is 25.1. The third kappa shape index (κ3) is 8.19. The first-order valence-electron chi connectivity index (χ1n) is 10.7. The largest absolute Gasteiger partial charge is 0.480 e. The molecule has 1 atom stereocenters. The summed E-state index contributed by atoms with van der Waals surface area (Å²) in [6, 6.07) is 12.6. The van der Waals surface area contributed by atoms with Crippen LogP contribution in [0.4, 0.5) is 0 Å². The first-order chi connectivity index (χ1) is 15.3. The van der Waals surface area contributed by atoms with E-state index >= 15 is 0 Å². The predicted molar refractivity (Wildman–Crippen MR) is 126 cm³/mol. The van der Waals surface area contributed by atoms with Gasteiger partial charge >= 0.3 is 5.97 Å². The van der Waals surface area contributed by atoms with Crippen molar-refractivity contribution in [3.63, 3.8) is 0 Å². The summed E-state index contributed by atoms with van der Waals surface area (Å²) in [4.78, 5) is 37.3. The van der Waals surface area contributed by atoms with Crippen LogP contribution in [0.3, 0.4) is 0 Å². The standard InChI is InChI=1S/C25H29ClN2O4/c1-3-4-5-6-7-21(25(31)32)27-24(30)22(16-18-10-14-20(26)15-11-18)28-23(29)19-12-8-17(2)9-13-19/h8-16,21H,3-7H2,1-2H3,(H,27,30)(H,28,29)(H,31,32)/b22-16+/t21-/m0/s1. The normalized spacial score (nSPS) is 12.2. The van der Waals surface area contributed by atoms with Crippen molar-refractivity contribution in [1.82, 2.24) is 10.6 Å². The minimum atomic E-state index is -1.11. The van der Waals surface area contributed by atoms with Crippen molar-refractivity contribution in [2.24, 2.45) is 0 Å². The molecule has 0 aliphatic rings. The van der Waals surface area contributed by atoms with Crippen molar-refractivity contribution in [3.05, 3.63) is 75.9 Å². The Hall–Kier alpha value is -3.12. The lowest BCUT2D eigenvalue weighted by molar-refractivity contribution is -0.141. The van der Waals surface area contributed by atoms with Gasteiger partial charge in [-0.3, -0.25) is 9.59 Å². The van der Waals surface area contributed by atoms with E-state index in [0.717, 1.165) is 24.8 Å². The number of nitrogens with one attached hydrogen (secondary N) is 2. The van der Waals surface area contributed by atoms with Crippen molar-refractivity contribution in [3.8, 4) is 0 Å². The highest BCUT2D eigenvalue weighted by Gasteiger charge is 2.23. The van der Waals surface area contributed by atoms with Gasteiger partial charge in [-0.1, -0.05) is 74.0 Å². The molecule has 0 fully saturated rings. The molecule has 6 nitrogen and oxygen atoms in total. The monoisotopic (exact) mass is 456 g/mol. The van der Waals surface area contributed by atoms with Crippen molar-refractivity contribution in [2.45, 2.75) is 52.0 Å². The highest BCUT2D eigenvalue weighted by Crippen LogP contribution is 2.13. The molecule has 2 aromatic rings. The van der Waals surface area contributed by atoms with Crippen molar-refractivity contribution in [1.29, 1.82) is 0 Å². The number of aliphatic carboxylic acids is 1. The van der Waals surface area contributed by atoms with Crippen LogP contribution in [0.1, 0.15) is 60.5 Å². The Bertz CT molecular complexity index is 953. The van der Waals surface area contributed by atoms with Gasteiger partial charge in [-0.05, 0) is 49.2 Å². The second kappa shape index (κ2) is 12.7. The fourth-order valence-electron chi connectivity index (χ4n) is 3.05. The molecule has 7 heteroatoms. The Morgan fingerprint density at radius 1 is 1.00 bits per heavy atom. The molecular weight excluding hydrogens is 428 g/mol.